The average Bonchev–Trinajstić information content (AvgIpc) is 3.13. The third kappa shape index (κ3) is 3.81. The Morgan fingerprint density at radius 3 is 2.67 bits per heavy atom. The maximum Gasteiger partial charge on any atom is 0.226 e. The Morgan fingerprint density at radius 1 is 1.21 bits per heavy atom. The first kappa shape index (κ1) is 17.4. The third-order valence-corrected chi connectivity index (χ3v) is 5.83. The molecule has 0 unspecified atom stereocenters. The molecule has 132 valence electrons. The molecule has 24 heavy (non-hydrogen) atoms. The number of amides is 1. The molecule has 0 spiro atoms. The SMILES string of the molecule is CNC(=O)C(C)(C)CN[C@@H]1CC[C@@H]2CN(Cc3ccccc3)C[C@H]21. The highest BCUT2D eigenvalue weighted by molar-refractivity contribution is 5.81. The van der Waals surface area contributed by atoms with Gasteiger partial charge in [-0.2, -0.15) is 0 Å². The van der Waals surface area contributed by atoms with Gasteiger partial charge in [-0.25, -0.2) is 0 Å². The van der Waals surface area contributed by atoms with Crippen molar-refractivity contribution < 1.29 is 4.79 Å². The molecule has 1 aliphatic heterocycles. The molecular weight excluding hydrogens is 298 g/mol. The van der Waals surface area contributed by atoms with Crippen LogP contribution in [-0.2, 0) is 11.3 Å². The molecule has 1 aromatic carbocycles. The van der Waals surface area contributed by atoms with E-state index in [9.17, 15) is 4.79 Å². The Hall–Kier alpha value is -1.39. The van der Waals surface area contributed by atoms with Gasteiger partial charge in [0.2, 0.25) is 5.91 Å². The minimum absolute atomic E-state index is 0.113. The lowest BCUT2D eigenvalue weighted by Gasteiger charge is -2.28. The van der Waals surface area contributed by atoms with Crippen LogP contribution in [0.25, 0.3) is 0 Å². The van der Waals surface area contributed by atoms with Crippen LogP contribution in [0.1, 0.15) is 32.3 Å². The second-order valence-electron chi connectivity index (χ2n) is 8.13. The minimum Gasteiger partial charge on any atom is -0.359 e. The van der Waals surface area contributed by atoms with Gasteiger partial charge in [0.15, 0.2) is 0 Å². The van der Waals surface area contributed by atoms with Gasteiger partial charge in [-0.1, -0.05) is 30.3 Å². The quantitative estimate of drug-likeness (QED) is 0.841. The molecule has 0 aromatic heterocycles. The van der Waals surface area contributed by atoms with Crippen LogP contribution in [0, 0.1) is 17.3 Å². The van der Waals surface area contributed by atoms with Crippen LogP contribution >= 0.6 is 0 Å². The summed E-state index contributed by atoms with van der Waals surface area (Å²) in [4.78, 5) is 14.6. The molecule has 2 N–H and O–H groups in total. The van der Waals surface area contributed by atoms with E-state index in [1.54, 1.807) is 7.05 Å². The van der Waals surface area contributed by atoms with E-state index in [1.165, 1.54) is 31.5 Å². The fraction of sp³-hybridized carbons (Fsp3) is 0.650. The van der Waals surface area contributed by atoms with Crippen molar-refractivity contribution in [2.75, 3.05) is 26.7 Å². The largest absolute Gasteiger partial charge is 0.359 e. The maximum absolute atomic E-state index is 12.0. The number of rotatable bonds is 6. The van der Waals surface area contributed by atoms with Crippen molar-refractivity contribution in [3.8, 4) is 0 Å². The number of carbonyl (C=O) groups is 1. The number of carbonyl (C=O) groups excluding carboxylic acids is 1. The van der Waals surface area contributed by atoms with E-state index in [-0.39, 0.29) is 11.3 Å². The van der Waals surface area contributed by atoms with Gasteiger partial charge in [0, 0.05) is 39.3 Å². The number of hydrogen-bond donors (Lipinski definition) is 2. The summed E-state index contributed by atoms with van der Waals surface area (Å²) >= 11 is 0. The third-order valence-electron chi connectivity index (χ3n) is 5.83. The average molecular weight is 329 g/mol. The van der Waals surface area contributed by atoms with Gasteiger partial charge in [-0.3, -0.25) is 9.69 Å². The van der Waals surface area contributed by atoms with Gasteiger partial charge in [0.1, 0.15) is 0 Å². The summed E-state index contributed by atoms with van der Waals surface area (Å²) in [6, 6.07) is 11.3. The smallest absolute Gasteiger partial charge is 0.226 e. The summed E-state index contributed by atoms with van der Waals surface area (Å²) in [6.45, 7) is 8.24. The molecule has 3 atom stereocenters. The highest BCUT2D eigenvalue weighted by Crippen LogP contribution is 2.39. The summed E-state index contributed by atoms with van der Waals surface area (Å²) in [6.07, 6.45) is 2.56. The molecule has 1 saturated heterocycles. The first-order valence-electron chi connectivity index (χ1n) is 9.21. The van der Waals surface area contributed by atoms with E-state index in [4.69, 9.17) is 0 Å². The van der Waals surface area contributed by atoms with Crippen molar-refractivity contribution in [1.82, 2.24) is 15.5 Å². The van der Waals surface area contributed by atoms with E-state index in [2.05, 4.69) is 45.9 Å². The van der Waals surface area contributed by atoms with Gasteiger partial charge in [0.05, 0.1) is 5.41 Å². The van der Waals surface area contributed by atoms with Crippen LogP contribution in [0.15, 0.2) is 30.3 Å². The molecule has 1 saturated carbocycles. The van der Waals surface area contributed by atoms with Gasteiger partial charge in [0.25, 0.3) is 0 Å². The Morgan fingerprint density at radius 2 is 1.96 bits per heavy atom. The summed E-state index contributed by atoms with van der Waals surface area (Å²) in [5.41, 5.74) is 1.05. The molecule has 1 heterocycles. The Labute approximate surface area is 146 Å². The Balaban J connectivity index is 1.53. The van der Waals surface area contributed by atoms with E-state index >= 15 is 0 Å². The van der Waals surface area contributed by atoms with E-state index in [0.717, 1.165) is 24.9 Å². The van der Waals surface area contributed by atoms with Crippen molar-refractivity contribution >= 4 is 5.91 Å². The number of hydrogen-bond acceptors (Lipinski definition) is 3. The summed E-state index contributed by atoms with van der Waals surface area (Å²) in [5, 5.41) is 6.48. The molecule has 0 bridgehead atoms. The lowest BCUT2D eigenvalue weighted by Crippen LogP contribution is -2.46. The summed E-state index contributed by atoms with van der Waals surface area (Å²) in [7, 11) is 1.72. The first-order chi connectivity index (χ1) is 11.5. The zero-order valence-electron chi connectivity index (χ0n) is 15.2. The van der Waals surface area contributed by atoms with Crippen molar-refractivity contribution in [2.24, 2.45) is 17.3 Å². The van der Waals surface area contributed by atoms with Crippen molar-refractivity contribution in [3.63, 3.8) is 0 Å². The first-order valence-corrected chi connectivity index (χ1v) is 9.21. The topological polar surface area (TPSA) is 44.4 Å². The predicted molar refractivity (Wildman–Crippen MR) is 97.6 cm³/mol. The van der Waals surface area contributed by atoms with E-state index in [0.29, 0.717) is 6.04 Å². The fourth-order valence-electron chi connectivity index (χ4n) is 4.39. The van der Waals surface area contributed by atoms with Crippen molar-refractivity contribution in [2.45, 2.75) is 39.3 Å². The fourth-order valence-corrected chi connectivity index (χ4v) is 4.39. The van der Waals surface area contributed by atoms with Gasteiger partial charge in [-0.15, -0.1) is 0 Å². The summed E-state index contributed by atoms with van der Waals surface area (Å²) < 4.78 is 0. The molecule has 2 aliphatic rings. The number of fused-ring (bicyclic) bond motifs is 1. The molecule has 2 fully saturated rings. The van der Waals surface area contributed by atoms with Crippen LogP contribution in [-0.4, -0.2) is 43.5 Å². The highest BCUT2D eigenvalue weighted by Gasteiger charge is 2.42. The lowest BCUT2D eigenvalue weighted by atomic mass is 9.91. The second kappa shape index (κ2) is 7.24. The van der Waals surface area contributed by atoms with E-state index in [1.807, 2.05) is 13.8 Å². The molecular formula is C20H31N3O. The van der Waals surface area contributed by atoms with Crippen LogP contribution in [0.4, 0.5) is 0 Å². The number of nitrogens with zero attached hydrogens (tertiary/aromatic N) is 1. The Kier molecular flexibility index (Phi) is 5.26. The highest BCUT2D eigenvalue weighted by atomic mass is 16.2. The van der Waals surface area contributed by atoms with Gasteiger partial charge < -0.3 is 10.6 Å². The van der Waals surface area contributed by atoms with Crippen LogP contribution in [0.3, 0.4) is 0 Å². The molecule has 1 aliphatic carbocycles. The zero-order chi connectivity index (χ0) is 17.2. The van der Waals surface area contributed by atoms with Crippen molar-refractivity contribution in [3.05, 3.63) is 35.9 Å². The van der Waals surface area contributed by atoms with Gasteiger partial charge >= 0.3 is 0 Å². The molecule has 4 heteroatoms. The minimum atomic E-state index is -0.352. The van der Waals surface area contributed by atoms with Gasteiger partial charge in [-0.05, 0) is 44.1 Å². The zero-order valence-corrected chi connectivity index (χ0v) is 15.2. The molecule has 1 amide bonds. The standard InChI is InChI=1S/C20H31N3O/c1-20(2,19(24)21-3)14-22-18-10-9-16-12-23(13-17(16)18)11-15-7-5-4-6-8-15/h4-8,16-18,22H,9-14H2,1-3H3,(H,21,24)/t16-,17-,18-/m1/s1. The monoisotopic (exact) mass is 329 g/mol. The molecule has 3 rings (SSSR count). The number of nitrogens with one attached hydrogen (secondary N) is 2. The number of benzene rings is 1. The molecule has 0 radical (unpaired) electrons. The normalized spacial score (nSPS) is 27.2. The van der Waals surface area contributed by atoms with Crippen LogP contribution in [0.5, 0.6) is 0 Å². The lowest BCUT2D eigenvalue weighted by molar-refractivity contribution is -0.128. The second-order valence-corrected chi connectivity index (χ2v) is 8.13. The van der Waals surface area contributed by atoms with Crippen LogP contribution in [0.2, 0.25) is 0 Å². The van der Waals surface area contributed by atoms with Crippen molar-refractivity contribution in [1.29, 1.82) is 0 Å². The predicted octanol–water partition coefficient (Wildman–Crippen LogP) is 2.26. The van der Waals surface area contributed by atoms with E-state index < -0.39 is 0 Å². The summed E-state index contributed by atoms with van der Waals surface area (Å²) in [5.74, 6) is 1.66. The number of likely N-dealkylation sites (tertiary alicyclic amines) is 1. The van der Waals surface area contributed by atoms with Crippen LogP contribution < -0.4 is 10.6 Å². The molecule has 1 aromatic rings. The Bertz CT molecular complexity index is 557. The molecule has 4 nitrogen and oxygen atoms in total. The maximum atomic E-state index is 12.0.